The number of hydrogen-bond acceptors (Lipinski definition) is 7. The molecule has 0 aliphatic carbocycles. The topological polar surface area (TPSA) is 116 Å². The molecule has 0 amide bonds. The van der Waals surface area contributed by atoms with Gasteiger partial charge in [0.05, 0.1) is 16.6 Å². The fourth-order valence-corrected chi connectivity index (χ4v) is 2.54. The number of pyridine rings is 1. The number of hydrogen-bond donors (Lipinski definition) is 2. The van der Waals surface area contributed by atoms with Gasteiger partial charge in [0.15, 0.2) is 5.65 Å². The van der Waals surface area contributed by atoms with Crippen LogP contribution in [-0.4, -0.2) is 24.9 Å². The Morgan fingerprint density at radius 3 is 2.65 bits per heavy atom. The number of benzene rings is 1. The van der Waals surface area contributed by atoms with E-state index >= 15 is 0 Å². The van der Waals surface area contributed by atoms with Crippen LogP contribution in [0.3, 0.4) is 0 Å². The van der Waals surface area contributed by atoms with Gasteiger partial charge in [-0.25, -0.2) is 19.9 Å². The lowest BCUT2D eigenvalue weighted by atomic mass is 10.1. The highest BCUT2D eigenvalue weighted by atomic mass is 35.5. The highest BCUT2D eigenvalue weighted by Crippen LogP contribution is 2.25. The predicted molar refractivity (Wildman–Crippen MR) is 89.7 cm³/mol. The third kappa shape index (κ3) is 2.36. The lowest BCUT2D eigenvalue weighted by molar-refractivity contribution is 1.19. The second-order valence-electron chi connectivity index (χ2n) is 4.95. The number of nitrogen functional groups attached to an aromatic ring is 2. The number of anilines is 2. The number of nitrogens with zero attached hydrogens (tertiary/aromatic N) is 5. The van der Waals surface area contributed by atoms with Crippen molar-refractivity contribution in [1.29, 1.82) is 0 Å². The van der Waals surface area contributed by atoms with Crippen molar-refractivity contribution >= 4 is 45.3 Å². The molecule has 0 fully saturated rings. The Morgan fingerprint density at radius 2 is 1.78 bits per heavy atom. The van der Waals surface area contributed by atoms with Gasteiger partial charge in [0.2, 0.25) is 11.2 Å². The van der Waals surface area contributed by atoms with E-state index in [2.05, 4.69) is 24.9 Å². The first-order valence-electron chi connectivity index (χ1n) is 6.72. The van der Waals surface area contributed by atoms with Gasteiger partial charge in [0.25, 0.3) is 0 Å². The maximum Gasteiger partial charge on any atom is 0.226 e. The van der Waals surface area contributed by atoms with Crippen LogP contribution < -0.4 is 11.5 Å². The van der Waals surface area contributed by atoms with Crippen LogP contribution in [-0.2, 0) is 0 Å². The number of aromatic nitrogens is 5. The van der Waals surface area contributed by atoms with E-state index in [0.29, 0.717) is 16.9 Å². The van der Waals surface area contributed by atoms with Crippen molar-refractivity contribution in [2.45, 2.75) is 0 Å². The predicted octanol–water partition coefficient (Wildman–Crippen LogP) is 2.45. The summed E-state index contributed by atoms with van der Waals surface area (Å²) in [7, 11) is 0. The van der Waals surface area contributed by atoms with Crippen LogP contribution in [0.1, 0.15) is 0 Å². The summed E-state index contributed by atoms with van der Waals surface area (Å²) in [4.78, 5) is 20.7. The average Bonchev–Trinajstić information content (AvgIpc) is 2.53. The third-order valence-electron chi connectivity index (χ3n) is 3.46. The average molecular weight is 324 g/mol. The molecule has 0 radical (unpaired) electrons. The number of nitrogens with two attached hydrogens (primary N) is 2. The fourth-order valence-electron chi connectivity index (χ4n) is 2.37. The molecular weight excluding hydrogens is 314 g/mol. The molecule has 8 heteroatoms. The summed E-state index contributed by atoms with van der Waals surface area (Å²) in [5, 5.41) is 1.61. The van der Waals surface area contributed by atoms with Gasteiger partial charge in [-0.3, -0.25) is 0 Å². The van der Waals surface area contributed by atoms with Crippen molar-refractivity contribution in [1.82, 2.24) is 24.9 Å². The number of rotatable bonds is 1. The summed E-state index contributed by atoms with van der Waals surface area (Å²) < 4.78 is 0. The summed E-state index contributed by atoms with van der Waals surface area (Å²) in [6.45, 7) is 0. The monoisotopic (exact) mass is 323 g/mol. The maximum atomic E-state index is 5.84. The molecule has 0 aliphatic rings. The lowest BCUT2D eigenvalue weighted by Crippen LogP contribution is -1.97. The van der Waals surface area contributed by atoms with Crippen LogP contribution in [0.2, 0.25) is 5.28 Å². The molecule has 3 heterocycles. The van der Waals surface area contributed by atoms with E-state index in [1.54, 1.807) is 6.20 Å². The Labute approximate surface area is 135 Å². The summed E-state index contributed by atoms with van der Waals surface area (Å²) >= 11 is 5.84. The summed E-state index contributed by atoms with van der Waals surface area (Å²) in [6.07, 6.45) is 1.68. The molecular formula is C15H10ClN7. The first-order valence-corrected chi connectivity index (χ1v) is 7.10. The number of halogens is 1. The minimum Gasteiger partial charge on any atom is -0.383 e. The zero-order valence-electron chi connectivity index (χ0n) is 11.7. The van der Waals surface area contributed by atoms with Crippen LogP contribution in [0, 0.1) is 0 Å². The first-order chi connectivity index (χ1) is 11.1. The molecule has 0 saturated carbocycles. The summed E-state index contributed by atoms with van der Waals surface area (Å²) in [5.41, 5.74) is 14.3. The zero-order valence-corrected chi connectivity index (χ0v) is 12.5. The minimum atomic E-state index is 0.0713. The van der Waals surface area contributed by atoms with Crippen LogP contribution in [0.25, 0.3) is 33.2 Å². The van der Waals surface area contributed by atoms with Gasteiger partial charge in [-0.05, 0) is 35.9 Å². The first kappa shape index (κ1) is 13.6. The molecule has 0 unspecified atom stereocenters. The quantitative estimate of drug-likeness (QED) is 0.517. The summed E-state index contributed by atoms with van der Waals surface area (Å²) in [5.74, 6) is 0.553. The molecule has 0 spiro atoms. The number of fused-ring (bicyclic) bond motifs is 2. The van der Waals surface area contributed by atoms with E-state index < -0.39 is 0 Å². The van der Waals surface area contributed by atoms with Crippen molar-refractivity contribution in [3.05, 3.63) is 41.8 Å². The Hall–Kier alpha value is -3.06. The lowest BCUT2D eigenvalue weighted by Gasteiger charge is -2.06. The van der Waals surface area contributed by atoms with E-state index in [1.807, 2.05) is 30.3 Å². The van der Waals surface area contributed by atoms with E-state index in [-0.39, 0.29) is 11.2 Å². The van der Waals surface area contributed by atoms with E-state index in [1.165, 1.54) is 0 Å². The molecule has 1 aromatic carbocycles. The molecule has 0 bridgehead atoms. The molecule has 4 rings (SSSR count). The van der Waals surface area contributed by atoms with Crippen molar-refractivity contribution in [3.8, 4) is 11.3 Å². The Bertz CT molecular complexity index is 1060. The highest BCUT2D eigenvalue weighted by Gasteiger charge is 2.08. The Morgan fingerprint density at radius 1 is 0.913 bits per heavy atom. The molecule has 4 aromatic rings. The Kier molecular flexibility index (Phi) is 2.95. The molecule has 112 valence electrons. The van der Waals surface area contributed by atoms with Crippen molar-refractivity contribution in [2.24, 2.45) is 0 Å². The van der Waals surface area contributed by atoms with Crippen molar-refractivity contribution in [3.63, 3.8) is 0 Å². The van der Waals surface area contributed by atoms with E-state index in [0.717, 1.165) is 22.2 Å². The molecule has 7 nitrogen and oxygen atoms in total. The third-order valence-corrected chi connectivity index (χ3v) is 3.63. The van der Waals surface area contributed by atoms with Crippen LogP contribution in [0.15, 0.2) is 36.5 Å². The largest absolute Gasteiger partial charge is 0.383 e. The van der Waals surface area contributed by atoms with Gasteiger partial charge < -0.3 is 11.5 Å². The highest BCUT2D eigenvalue weighted by molar-refractivity contribution is 6.28. The standard InChI is InChI=1S/C15H10ClN7/c16-14-22-12(17)9-2-4-10(20-13(9)23-14)7-1-3-11-8(5-7)6-19-15(18)21-11/h1-6H,(H2,18,19,21)(H2,17,20,22,23). The molecule has 3 aromatic heterocycles. The van der Waals surface area contributed by atoms with Crippen LogP contribution in [0.4, 0.5) is 11.8 Å². The smallest absolute Gasteiger partial charge is 0.226 e. The van der Waals surface area contributed by atoms with Gasteiger partial charge in [0, 0.05) is 17.1 Å². The van der Waals surface area contributed by atoms with Crippen molar-refractivity contribution in [2.75, 3.05) is 11.5 Å². The van der Waals surface area contributed by atoms with Crippen LogP contribution in [0.5, 0.6) is 0 Å². The van der Waals surface area contributed by atoms with E-state index in [9.17, 15) is 0 Å². The van der Waals surface area contributed by atoms with Crippen molar-refractivity contribution < 1.29 is 0 Å². The molecule has 0 atom stereocenters. The Balaban J connectivity index is 1.89. The van der Waals surface area contributed by atoms with Gasteiger partial charge >= 0.3 is 0 Å². The van der Waals surface area contributed by atoms with Gasteiger partial charge in [-0.1, -0.05) is 6.07 Å². The zero-order chi connectivity index (χ0) is 16.0. The molecule has 0 saturated heterocycles. The second-order valence-corrected chi connectivity index (χ2v) is 5.29. The molecule has 23 heavy (non-hydrogen) atoms. The fraction of sp³-hybridized carbons (Fsp3) is 0. The normalized spacial score (nSPS) is 11.2. The minimum absolute atomic E-state index is 0.0713. The van der Waals surface area contributed by atoms with Gasteiger partial charge in [0.1, 0.15) is 5.82 Å². The summed E-state index contributed by atoms with van der Waals surface area (Å²) in [6, 6.07) is 9.41. The van der Waals surface area contributed by atoms with Crippen LogP contribution >= 0.6 is 11.6 Å². The SMILES string of the molecule is Nc1ncc2cc(-c3ccc4c(N)nc(Cl)nc4n3)ccc2n1. The van der Waals surface area contributed by atoms with Gasteiger partial charge in [-0.2, -0.15) is 4.98 Å². The molecule has 0 aliphatic heterocycles. The molecule has 4 N–H and O–H groups in total. The van der Waals surface area contributed by atoms with Gasteiger partial charge in [-0.15, -0.1) is 0 Å². The second kappa shape index (κ2) is 4.99. The maximum absolute atomic E-state index is 5.84. The van der Waals surface area contributed by atoms with E-state index in [4.69, 9.17) is 23.1 Å².